The summed E-state index contributed by atoms with van der Waals surface area (Å²) in [4.78, 5) is 19.1. The number of amides is 1. The monoisotopic (exact) mass is 377 g/mol. The van der Waals surface area contributed by atoms with E-state index >= 15 is 0 Å². The fraction of sp³-hybridized carbons (Fsp3) is 0.368. The van der Waals surface area contributed by atoms with Gasteiger partial charge in [-0.2, -0.15) is 0 Å². The second-order valence-corrected chi connectivity index (χ2v) is 7.14. The van der Waals surface area contributed by atoms with Crippen LogP contribution in [0.15, 0.2) is 36.5 Å². The molecule has 1 aromatic heterocycles. The van der Waals surface area contributed by atoms with Gasteiger partial charge >= 0.3 is 0 Å². The lowest BCUT2D eigenvalue weighted by Gasteiger charge is -2.21. The predicted octanol–water partition coefficient (Wildman–Crippen LogP) is 4.70. The number of nitrogens with one attached hydrogen (secondary N) is 1. The molecule has 0 aliphatic carbocycles. The minimum Gasteiger partial charge on any atom is -0.357 e. The van der Waals surface area contributed by atoms with Gasteiger partial charge in [-0.05, 0) is 42.7 Å². The number of aromatic nitrogens is 1. The SMILES string of the molecule is O=C(NCc1ccc(N2CCCCCC2)nc1)c1cc(Cl)cc(Cl)c1. The van der Waals surface area contributed by atoms with E-state index < -0.39 is 0 Å². The quantitative estimate of drug-likeness (QED) is 0.839. The molecule has 4 nitrogen and oxygen atoms in total. The highest BCUT2D eigenvalue weighted by Crippen LogP contribution is 2.20. The van der Waals surface area contributed by atoms with Crippen LogP contribution in [0, 0.1) is 0 Å². The second kappa shape index (κ2) is 8.54. The van der Waals surface area contributed by atoms with Crippen molar-refractivity contribution >= 4 is 34.9 Å². The van der Waals surface area contributed by atoms with E-state index in [1.54, 1.807) is 18.2 Å². The Hall–Kier alpha value is -1.78. The molecule has 2 heterocycles. The van der Waals surface area contributed by atoms with Crippen LogP contribution in [-0.4, -0.2) is 24.0 Å². The Morgan fingerprint density at radius 3 is 2.32 bits per heavy atom. The number of benzene rings is 1. The largest absolute Gasteiger partial charge is 0.357 e. The number of nitrogens with zero attached hydrogens (tertiary/aromatic N) is 2. The Labute approximate surface area is 158 Å². The second-order valence-electron chi connectivity index (χ2n) is 6.27. The highest BCUT2D eigenvalue weighted by Gasteiger charge is 2.11. The van der Waals surface area contributed by atoms with Crippen molar-refractivity contribution in [3.63, 3.8) is 0 Å². The number of carbonyl (C=O) groups excluding carboxylic acids is 1. The minimum atomic E-state index is -0.207. The molecular formula is C19H21Cl2N3O. The van der Waals surface area contributed by atoms with Gasteiger partial charge in [-0.1, -0.05) is 42.1 Å². The first-order chi connectivity index (χ1) is 12.1. The van der Waals surface area contributed by atoms with E-state index in [-0.39, 0.29) is 5.91 Å². The van der Waals surface area contributed by atoms with Gasteiger partial charge in [0.15, 0.2) is 0 Å². The van der Waals surface area contributed by atoms with Crippen molar-refractivity contribution in [2.75, 3.05) is 18.0 Å². The van der Waals surface area contributed by atoms with Crippen molar-refractivity contribution in [1.82, 2.24) is 10.3 Å². The Morgan fingerprint density at radius 2 is 1.72 bits per heavy atom. The lowest BCUT2D eigenvalue weighted by Crippen LogP contribution is -2.25. The van der Waals surface area contributed by atoms with E-state index in [1.807, 2.05) is 18.3 Å². The van der Waals surface area contributed by atoms with Gasteiger partial charge in [-0.3, -0.25) is 4.79 Å². The van der Waals surface area contributed by atoms with E-state index in [1.165, 1.54) is 25.7 Å². The summed E-state index contributed by atoms with van der Waals surface area (Å²) in [7, 11) is 0. The van der Waals surface area contributed by atoms with Crippen molar-refractivity contribution in [2.24, 2.45) is 0 Å². The van der Waals surface area contributed by atoms with Crippen LogP contribution in [0.4, 0.5) is 5.82 Å². The van der Waals surface area contributed by atoms with Crippen molar-refractivity contribution in [3.8, 4) is 0 Å². The molecular weight excluding hydrogens is 357 g/mol. The number of rotatable bonds is 4. The Morgan fingerprint density at radius 1 is 1.04 bits per heavy atom. The van der Waals surface area contributed by atoms with Crippen LogP contribution in [0.3, 0.4) is 0 Å². The molecule has 1 aliphatic rings. The first-order valence-electron chi connectivity index (χ1n) is 8.56. The molecule has 0 bridgehead atoms. The summed E-state index contributed by atoms with van der Waals surface area (Å²) in [6, 6.07) is 8.85. The van der Waals surface area contributed by atoms with Crippen molar-refractivity contribution in [3.05, 3.63) is 57.7 Å². The topological polar surface area (TPSA) is 45.2 Å². The molecule has 132 valence electrons. The molecule has 0 spiro atoms. The van der Waals surface area contributed by atoms with Crippen LogP contribution in [-0.2, 0) is 6.54 Å². The summed E-state index contributed by atoms with van der Waals surface area (Å²) in [5, 5.41) is 3.76. The van der Waals surface area contributed by atoms with Gasteiger partial charge in [0.1, 0.15) is 5.82 Å². The zero-order valence-electron chi connectivity index (χ0n) is 14.0. The molecule has 1 N–H and O–H groups in total. The molecule has 2 aromatic rings. The first-order valence-corrected chi connectivity index (χ1v) is 9.31. The summed E-state index contributed by atoms with van der Waals surface area (Å²) in [5.74, 6) is 0.805. The average molecular weight is 378 g/mol. The fourth-order valence-electron chi connectivity index (χ4n) is 2.98. The highest BCUT2D eigenvalue weighted by atomic mass is 35.5. The number of carbonyl (C=O) groups is 1. The molecule has 0 saturated carbocycles. The highest BCUT2D eigenvalue weighted by molar-refractivity contribution is 6.35. The number of halogens is 2. The van der Waals surface area contributed by atoms with Gasteiger partial charge in [-0.25, -0.2) is 4.98 Å². The molecule has 0 radical (unpaired) electrons. The summed E-state index contributed by atoms with van der Waals surface area (Å²) < 4.78 is 0. The molecule has 25 heavy (non-hydrogen) atoms. The van der Waals surface area contributed by atoms with E-state index in [9.17, 15) is 4.79 Å². The average Bonchev–Trinajstić information content (AvgIpc) is 2.88. The number of anilines is 1. The summed E-state index contributed by atoms with van der Waals surface area (Å²) >= 11 is 11.9. The predicted molar refractivity (Wildman–Crippen MR) is 103 cm³/mol. The third-order valence-electron chi connectivity index (χ3n) is 4.32. The maximum Gasteiger partial charge on any atom is 0.251 e. The Balaban J connectivity index is 1.58. The minimum absolute atomic E-state index is 0.207. The van der Waals surface area contributed by atoms with Crippen molar-refractivity contribution < 1.29 is 4.79 Å². The molecule has 1 aromatic carbocycles. The van der Waals surface area contributed by atoms with Crippen LogP contribution in [0.5, 0.6) is 0 Å². The van der Waals surface area contributed by atoms with Crippen LogP contribution in [0.1, 0.15) is 41.6 Å². The molecule has 1 aliphatic heterocycles. The van der Waals surface area contributed by atoms with Crippen LogP contribution in [0.2, 0.25) is 10.0 Å². The van der Waals surface area contributed by atoms with Crippen LogP contribution < -0.4 is 10.2 Å². The molecule has 3 rings (SSSR count). The van der Waals surface area contributed by atoms with Gasteiger partial charge in [0, 0.05) is 41.4 Å². The zero-order valence-corrected chi connectivity index (χ0v) is 15.5. The lowest BCUT2D eigenvalue weighted by molar-refractivity contribution is 0.0951. The molecule has 1 fully saturated rings. The van der Waals surface area contributed by atoms with Gasteiger partial charge < -0.3 is 10.2 Å². The first kappa shape index (κ1) is 18.0. The lowest BCUT2D eigenvalue weighted by atomic mass is 10.2. The summed E-state index contributed by atoms with van der Waals surface area (Å²) in [6.45, 7) is 2.55. The standard InChI is InChI=1S/C19H21Cl2N3O/c20-16-9-15(10-17(21)11-16)19(25)23-13-14-5-6-18(22-12-14)24-7-3-1-2-4-8-24/h5-6,9-12H,1-4,7-8,13H2,(H,23,25). The van der Waals surface area contributed by atoms with Crippen LogP contribution in [0.25, 0.3) is 0 Å². The third kappa shape index (κ3) is 5.10. The van der Waals surface area contributed by atoms with E-state index in [0.717, 1.165) is 24.5 Å². The number of hydrogen-bond donors (Lipinski definition) is 1. The molecule has 0 unspecified atom stereocenters. The molecule has 6 heteroatoms. The van der Waals surface area contributed by atoms with Crippen LogP contribution >= 0.6 is 23.2 Å². The third-order valence-corrected chi connectivity index (χ3v) is 4.75. The number of pyridine rings is 1. The summed E-state index contributed by atoms with van der Waals surface area (Å²) in [6.07, 6.45) is 6.87. The van der Waals surface area contributed by atoms with Gasteiger partial charge in [0.25, 0.3) is 5.91 Å². The van der Waals surface area contributed by atoms with Crippen molar-refractivity contribution in [2.45, 2.75) is 32.2 Å². The molecule has 1 saturated heterocycles. The van der Waals surface area contributed by atoms with Gasteiger partial charge in [0.05, 0.1) is 0 Å². The zero-order chi connectivity index (χ0) is 17.6. The smallest absolute Gasteiger partial charge is 0.251 e. The van der Waals surface area contributed by atoms with Gasteiger partial charge in [-0.15, -0.1) is 0 Å². The Kier molecular flexibility index (Phi) is 6.16. The van der Waals surface area contributed by atoms with Crippen molar-refractivity contribution in [1.29, 1.82) is 0 Å². The normalized spacial score (nSPS) is 14.9. The van der Waals surface area contributed by atoms with E-state index in [0.29, 0.717) is 22.2 Å². The van der Waals surface area contributed by atoms with E-state index in [4.69, 9.17) is 23.2 Å². The van der Waals surface area contributed by atoms with E-state index in [2.05, 4.69) is 15.2 Å². The maximum absolute atomic E-state index is 12.2. The number of hydrogen-bond acceptors (Lipinski definition) is 3. The fourth-order valence-corrected chi connectivity index (χ4v) is 3.50. The maximum atomic E-state index is 12.2. The molecule has 1 amide bonds. The van der Waals surface area contributed by atoms with Gasteiger partial charge in [0.2, 0.25) is 0 Å². The molecule has 0 atom stereocenters. The summed E-state index contributed by atoms with van der Waals surface area (Å²) in [5.41, 5.74) is 1.41. The Bertz CT molecular complexity index is 706.